The number of rotatable bonds is 2. The van der Waals surface area contributed by atoms with Gasteiger partial charge in [-0.15, -0.1) is 0 Å². The van der Waals surface area contributed by atoms with Crippen LogP contribution in [0.15, 0.2) is 18.3 Å². The van der Waals surface area contributed by atoms with Gasteiger partial charge in [0.1, 0.15) is 0 Å². The molecule has 2 N–H and O–H groups in total. The highest BCUT2D eigenvalue weighted by Gasteiger charge is 2.27. The van der Waals surface area contributed by atoms with Crippen molar-refractivity contribution in [3.8, 4) is 0 Å². The van der Waals surface area contributed by atoms with Gasteiger partial charge in [-0.25, -0.2) is 9.97 Å². The molecule has 5 heteroatoms. The van der Waals surface area contributed by atoms with Gasteiger partial charge in [0, 0.05) is 17.5 Å². The van der Waals surface area contributed by atoms with Crippen molar-refractivity contribution >= 4 is 28.5 Å². The zero-order chi connectivity index (χ0) is 12.0. The highest BCUT2D eigenvalue weighted by molar-refractivity contribution is 6.32. The Morgan fingerprint density at radius 2 is 2.18 bits per heavy atom. The van der Waals surface area contributed by atoms with Gasteiger partial charge >= 0.3 is 0 Å². The Morgan fingerprint density at radius 1 is 1.41 bits per heavy atom. The lowest BCUT2D eigenvalue weighted by Gasteiger charge is -2.04. The van der Waals surface area contributed by atoms with Gasteiger partial charge in [0.2, 0.25) is 5.91 Å². The van der Waals surface area contributed by atoms with E-state index in [1.165, 1.54) is 6.20 Å². The molecule has 1 fully saturated rings. The average Bonchev–Trinajstić information content (AvgIpc) is 3.11. The minimum atomic E-state index is -0.498. The first kappa shape index (κ1) is 10.5. The Hall–Kier alpha value is -1.68. The molecule has 0 radical (unpaired) electrons. The number of aromatic nitrogens is 2. The van der Waals surface area contributed by atoms with Crippen molar-refractivity contribution in [2.45, 2.75) is 18.8 Å². The van der Waals surface area contributed by atoms with E-state index >= 15 is 0 Å². The van der Waals surface area contributed by atoms with Crippen molar-refractivity contribution in [1.82, 2.24) is 9.97 Å². The van der Waals surface area contributed by atoms with Crippen LogP contribution < -0.4 is 5.73 Å². The van der Waals surface area contributed by atoms with Crippen LogP contribution in [0.1, 0.15) is 34.8 Å². The second-order valence-corrected chi connectivity index (χ2v) is 4.67. The summed E-state index contributed by atoms with van der Waals surface area (Å²) in [6.07, 6.45) is 3.72. The number of nitrogens with zero attached hydrogens (tertiary/aromatic N) is 2. The van der Waals surface area contributed by atoms with Crippen LogP contribution >= 0.6 is 11.6 Å². The van der Waals surface area contributed by atoms with E-state index in [-0.39, 0.29) is 0 Å². The third kappa shape index (κ3) is 1.85. The van der Waals surface area contributed by atoms with E-state index in [2.05, 4.69) is 9.97 Å². The maximum atomic E-state index is 11.0. The Bertz CT molecular complexity index is 622. The predicted octanol–water partition coefficient (Wildman–Crippen LogP) is 2.26. The highest BCUT2D eigenvalue weighted by Crippen LogP contribution is 2.42. The number of carbonyl (C=O) groups is 1. The summed E-state index contributed by atoms with van der Waals surface area (Å²) in [7, 11) is 0. The molecular weight excluding hydrogens is 238 g/mol. The largest absolute Gasteiger partial charge is 0.366 e. The van der Waals surface area contributed by atoms with Crippen LogP contribution in [-0.4, -0.2) is 15.9 Å². The van der Waals surface area contributed by atoms with Crippen LogP contribution in [0.5, 0.6) is 0 Å². The molecule has 0 spiro atoms. The zero-order valence-corrected chi connectivity index (χ0v) is 9.74. The van der Waals surface area contributed by atoms with Gasteiger partial charge in [0.25, 0.3) is 0 Å². The summed E-state index contributed by atoms with van der Waals surface area (Å²) < 4.78 is 0. The molecule has 0 unspecified atom stereocenters. The van der Waals surface area contributed by atoms with Crippen molar-refractivity contribution in [3.05, 3.63) is 34.6 Å². The summed E-state index contributed by atoms with van der Waals surface area (Å²) in [5, 5.41) is 1.39. The first-order valence-electron chi connectivity index (χ1n) is 5.41. The lowest BCUT2D eigenvalue weighted by atomic mass is 10.1. The molecule has 0 aliphatic heterocycles. The molecule has 0 atom stereocenters. The zero-order valence-electron chi connectivity index (χ0n) is 8.98. The van der Waals surface area contributed by atoms with Crippen molar-refractivity contribution in [2.24, 2.45) is 5.73 Å². The van der Waals surface area contributed by atoms with Gasteiger partial charge in [0.15, 0.2) is 5.65 Å². The number of carbonyl (C=O) groups excluding carboxylic acids is 1. The molecule has 1 aliphatic rings. The average molecular weight is 248 g/mol. The molecule has 0 saturated heterocycles. The summed E-state index contributed by atoms with van der Waals surface area (Å²) in [5.41, 5.74) is 7.10. The van der Waals surface area contributed by atoms with Crippen molar-refractivity contribution in [3.63, 3.8) is 0 Å². The molecule has 4 nitrogen and oxygen atoms in total. The topological polar surface area (TPSA) is 68.9 Å². The molecular formula is C12H10ClN3O. The monoisotopic (exact) mass is 247 g/mol. The summed E-state index contributed by atoms with van der Waals surface area (Å²) in [6.45, 7) is 0. The van der Waals surface area contributed by atoms with Gasteiger partial charge < -0.3 is 5.73 Å². The molecule has 1 aliphatic carbocycles. The third-order valence-corrected chi connectivity index (χ3v) is 3.20. The number of amides is 1. The molecule has 1 amide bonds. The minimum absolute atomic E-state index is 0.370. The van der Waals surface area contributed by atoms with Gasteiger partial charge in [-0.3, -0.25) is 4.79 Å². The van der Waals surface area contributed by atoms with E-state index in [1.807, 2.05) is 0 Å². The molecule has 17 heavy (non-hydrogen) atoms. The van der Waals surface area contributed by atoms with Crippen LogP contribution in [0, 0.1) is 0 Å². The SMILES string of the molecule is NC(=O)c1cnc2nc(C3CC3)c(Cl)cc2c1. The van der Waals surface area contributed by atoms with Crippen LogP contribution in [0.4, 0.5) is 0 Å². The second kappa shape index (κ2) is 3.67. The Morgan fingerprint density at radius 3 is 2.82 bits per heavy atom. The Balaban J connectivity index is 2.18. The lowest BCUT2D eigenvalue weighted by molar-refractivity contribution is 0.1000. The Labute approximate surface area is 103 Å². The number of primary amides is 1. The van der Waals surface area contributed by atoms with E-state index in [0.717, 1.165) is 23.9 Å². The van der Waals surface area contributed by atoms with Gasteiger partial charge in [-0.1, -0.05) is 11.6 Å². The van der Waals surface area contributed by atoms with Gasteiger partial charge in [-0.2, -0.15) is 0 Å². The molecule has 1 saturated carbocycles. The number of fused-ring (bicyclic) bond motifs is 1. The third-order valence-electron chi connectivity index (χ3n) is 2.90. The van der Waals surface area contributed by atoms with E-state index in [9.17, 15) is 4.79 Å². The van der Waals surface area contributed by atoms with E-state index in [4.69, 9.17) is 17.3 Å². The normalized spacial score (nSPS) is 15.1. The minimum Gasteiger partial charge on any atom is -0.366 e. The maximum Gasteiger partial charge on any atom is 0.250 e. The van der Waals surface area contributed by atoms with E-state index in [0.29, 0.717) is 22.2 Å². The maximum absolute atomic E-state index is 11.0. The van der Waals surface area contributed by atoms with E-state index < -0.39 is 5.91 Å². The van der Waals surface area contributed by atoms with Crippen LogP contribution in [0.25, 0.3) is 11.0 Å². The fourth-order valence-corrected chi connectivity index (χ4v) is 2.14. The number of hydrogen-bond donors (Lipinski definition) is 1. The number of pyridine rings is 2. The molecule has 3 rings (SSSR count). The molecule has 0 bridgehead atoms. The lowest BCUT2D eigenvalue weighted by Crippen LogP contribution is -2.11. The van der Waals surface area contributed by atoms with Crippen LogP contribution in [-0.2, 0) is 0 Å². The van der Waals surface area contributed by atoms with Crippen molar-refractivity contribution in [2.75, 3.05) is 0 Å². The molecule has 2 aromatic rings. The second-order valence-electron chi connectivity index (χ2n) is 4.26. The van der Waals surface area contributed by atoms with E-state index in [1.54, 1.807) is 12.1 Å². The predicted molar refractivity (Wildman–Crippen MR) is 65.0 cm³/mol. The molecule has 86 valence electrons. The van der Waals surface area contributed by atoms with Gasteiger partial charge in [-0.05, 0) is 25.0 Å². The summed E-state index contributed by atoms with van der Waals surface area (Å²) >= 11 is 6.16. The van der Waals surface area contributed by atoms with Crippen LogP contribution in [0.2, 0.25) is 5.02 Å². The Kier molecular flexibility index (Phi) is 2.26. The summed E-state index contributed by atoms with van der Waals surface area (Å²) in [4.78, 5) is 19.6. The molecule has 0 aromatic carbocycles. The quantitative estimate of drug-likeness (QED) is 0.885. The highest BCUT2D eigenvalue weighted by atomic mass is 35.5. The smallest absolute Gasteiger partial charge is 0.250 e. The fourth-order valence-electron chi connectivity index (χ4n) is 1.83. The van der Waals surface area contributed by atoms with Gasteiger partial charge in [0.05, 0.1) is 16.3 Å². The van der Waals surface area contributed by atoms with Crippen molar-refractivity contribution in [1.29, 1.82) is 0 Å². The van der Waals surface area contributed by atoms with Crippen molar-refractivity contribution < 1.29 is 4.79 Å². The number of nitrogens with two attached hydrogens (primary N) is 1. The number of hydrogen-bond acceptors (Lipinski definition) is 3. The number of halogens is 1. The first-order chi connectivity index (χ1) is 8.15. The standard InChI is InChI=1S/C12H10ClN3O/c13-9-4-7-3-8(11(14)17)5-15-12(7)16-10(9)6-1-2-6/h3-6H,1-2H2,(H2,14,17). The molecule has 2 aromatic heterocycles. The first-order valence-corrected chi connectivity index (χ1v) is 5.79. The van der Waals surface area contributed by atoms with Crippen LogP contribution in [0.3, 0.4) is 0 Å². The molecule has 2 heterocycles. The summed E-state index contributed by atoms with van der Waals surface area (Å²) in [5.74, 6) is -0.0219. The fraction of sp³-hybridized carbons (Fsp3) is 0.250. The summed E-state index contributed by atoms with van der Waals surface area (Å²) in [6, 6.07) is 3.47.